The molecule has 2 aromatic heterocycles. The van der Waals surface area contributed by atoms with Gasteiger partial charge < -0.3 is 9.15 Å². The quantitative estimate of drug-likeness (QED) is 0.203. The van der Waals surface area contributed by atoms with Crippen LogP contribution in [0.4, 0.5) is 0 Å². The van der Waals surface area contributed by atoms with E-state index in [1.807, 2.05) is 86.3 Å². The molecule has 0 saturated carbocycles. The van der Waals surface area contributed by atoms with Crippen molar-refractivity contribution in [2.75, 3.05) is 0 Å². The van der Waals surface area contributed by atoms with Gasteiger partial charge in [-0.3, -0.25) is 9.69 Å². The van der Waals surface area contributed by atoms with Gasteiger partial charge in [-0.15, -0.1) is 0 Å². The molecule has 0 unspecified atom stereocenters. The molecule has 1 amide bonds. The number of furan rings is 1. The lowest BCUT2D eigenvalue weighted by atomic mass is 10.0. The number of para-hydroxylation sites is 1. The predicted octanol–water partition coefficient (Wildman–Crippen LogP) is 6.63. The van der Waals surface area contributed by atoms with Crippen LogP contribution < -0.4 is 4.74 Å². The van der Waals surface area contributed by atoms with Gasteiger partial charge >= 0.3 is 0 Å². The second-order valence-electron chi connectivity index (χ2n) is 8.71. The van der Waals surface area contributed by atoms with Gasteiger partial charge in [0.1, 0.15) is 21.5 Å². The van der Waals surface area contributed by atoms with Crippen molar-refractivity contribution in [1.29, 1.82) is 0 Å². The highest BCUT2D eigenvalue weighted by Crippen LogP contribution is 2.36. The number of ether oxygens (including phenoxy) is 1. The van der Waals surface area contributed by atoms with Crippen molar-refractivity contribution in [2.45, 2.75) is 33.4 Å². The number of carbonyl (C=O) groups is 1. The molecule has 1 aliphatic heterocycles. The molecule has 1 saturated heterocycles. The van der Waals surface area contributed by atoms with E-state index in [0.717, 1.165) is 33.8 Å². The van der Waals surface area contributed by atoms with Gasteiger partial charge in [-0.1, -0.05) is 42.2 Å². The van der Waals surface area contributed by atoms with E-state index in [-0.39, 0.29) is 12.0 Å². The highest BCUT2D eigenvalue weighted by Gasteiger charge is 2.33. The first kappa shape index (κ1) is 24.1. The van der Waals surface area contributed by atoms with Gasteiger partial charge in [-0.2, -0.15) is 5.10 Å². The number of aromatic nitrogens is 2. The number of rotatable bonds is 7. The number of carbonyl (C=O) groups excluding carboxylic acids is 1. The number of amides is 1. The molecule has 36 heavy (non-hydrogen) atoms. The molecule has 0 atom stereocenters. The summed E-state index contributed by atoms with van der Waals surface area (Å²) < 4.78 is 13.7. The molecule has 1 fully saturated rings. The SMILES string of the molecule is Cc1cc(-c2nn(-c3ccccc3)cc2/C=C2\SC(=S)N(Cc3ccco3)C2=O)ccc1OC(C)C. The summed E-state index contributed by atoms with van der Waals surface area (Å²) in [6.45, 7) is 6.35. The standard InChI is InChI=1S/C28H25N3O3S2/c1-18(2)34-24-12-11-20(14-19(24)3)26-21(16-31(29-26)22-8-5-4-6-9-22)15-25-27(32)30(28(35)36-25)17-23-10-7-13-33-23/h4-16,18H,17H2,1-3H3/b25-15-. The Morgan fingerprint density at radius 3 is 2.64 bits per heavy atom. The van der Waals surface area contributed by atoms with Crippen LogP contribution in [0, 0.1) is 6.92 Å². The maximum absolute atomic E-state index is 13.2. The fourth-order valence-corrected chi connectivity index (χ4v) is 5.20. The molecular weight excluding hydrogens is 490 g/mol. The minimum Gasteiger partial charge on any atom is -0.491 e. The average Bonchev–Trinajstić information content (AvgIpc) is 3.58. The van der Waals surface area contributed by atoms with Gasteiger partial charge in [0.25, 0.3) is 5.91 Å². The third kappa shape index (κ3) is 5.01. The summed E-state index contributed by atoms with van der Waals surface area (Å²) in [6.07, 6.45) is 5.49. The molecule has 182 valence electrons. The zero-order valence-electron chi connectivity index (χ0n) is 20.2. The third-order valence-corrected chi connectivity index (χ3v) is 7.01. The number of thiocarbonyl (C=S) groups is 1. The van der Waals surface area contributed by atoms with Gasteiger partial charge in [-0.25, -0.2) is 4.68 Å². The van der Waals surface area contributed by atoms with Crippen LogP contribution in [-0.2, 0) is 11.3 Å². The van der Waals surface area contributed by atoms with Gasteiger partial charge in [0.15, 0.2) is 0 Å². The van der Waals surface area contributed by atoms with Crippen LogP contribution in [0.25, 0.3) is 23.0 Å². The number of thioether (sulfide) groups is 1. The molecule has 6 nitrogen and oxygen atoms in total. The summed E-state index contributed by atoms with van der Waals surface area (Å²) in [5.74, 6) is 1.39. The second kappa shape index (κ2) is 10.2. The van der Waals surface area contributed by atoms with Crippen LogP contribution in [0.3, 0.4) is 0 Å². The van der Waals surface area contributed by atoms with Gasteiger partial charge in [-0.05, 0) is 74.9 Å². The lowest BCUT2D eigenvalue weighted by Gasteiger charge is -2.13. The van der Waals surface area contributed by atoms with Crippen molar-refractivity contribution in [3.05, 3.63) is 94.9 Å². The van der Waals surface area contributed by atoms with Crippen molar-refractivity contribution in [1.82, 2.24) is 14.7 Å². The molecule has 3 heterocycles. The summed E-state index contributed by atoms with van der Waals surface area (Å²) in [5.41, 5.74) is 4.49. The summed E-state index contributed by atoms with van der Waals surface area (Å²) in [5, 5.41) is 4.90. The third-order valence-electron chi connectivity index (χ3n) is 5.63. The van der Waals surface area contributed by atoms with Crippen LogP contribution >= 0.6 is 24.0 Å². The van der Waals surface area contributed by atoms with Crippen molar-refractivity contribution in [3.8, 4) is 22.7 Å². The molecule has 0 radical (unpaired) electrons. The van der Waals surface area contributed by atoms with Crippen LogP contribution in [0.1, 0.15) is 30.7 Å². The smallest absolute Gasteiger partial charge is 0.266 e. The Morgan fingerprint density at radius 1 is 1.14 bits per heavy atom. The highest BCUT2D eigenvalue weighted by atomic mass is 32.2. The molecule has 0 spiro atoms. The van der Waals surface area contributed by atoms with Crippen LogP contribution in [0.15, 0.2) is 82.4 Å². The summed E-state index contributed by atoms with van der Waals surface area (Å²) in [6, 6.07) is 19.6. The monoisotopic (exact) mass is 515 g/mol. The maximum atomic E-state index is 13.2. The van der Waals surface area contributed by atoms with E-state index in [9.17, 15) is 4.79 Å². The van der Waals surface area contributed by atoms with Crippen molar-refractivity contribution in [3.63, 3.8) is 0 Å². The zero-order chi connectivity index (χ0) is 25.2. The van der Waals surface area contributed by atoms with Gasteiger partial charge in [0.2, 0.25) is 0 Å². The molecular formula is C28H25N3O3S2. The van der Waals surface area contributed by atoms with Crippen molar-refractivity contribution < 1.29 is 13.9 Å². The number of hydrogen-bond donors (Lipinski definition) is 0. The number of aryl methyl sites for hydroxylation is 1. The Bertz CT molecular complexity index is 1440. The molecule has 2 aromatic carbocycles. The Hall–Kier alpha value is -3.62. The van der Waals surface area contributed by atoms with E-state index < -0.39 is 0 Å². The van der Waals surface area contributed by atoms with Gasteiger partial charge in [0, 0.05) is 17.3 Å². The van der Waals surface area contributed by atoms with Crippen molar-refractivity contribution in [2.24, 2.45) is 0 Å². The largest absolute Gasteiger partial charge is 0.491 e. The molecule has 5 rings (SSSR count). The van der Waals surface area contributed by atoms with Crippen LogP contribution in [0.2, 0.25) is 0 Å². The second-order valence-corrected chi connectivity index (χ2v) is 10.4. The van der Waals surface area contributed by atoms with Gasteiger partial charge in [0.05, 0.1) is 29.5 Å². The van der Waals surface area contributed by atoms with E-state index in [1.54, 1.807) is 17.2 Å². The van der Waals surface area contributed by atoms with Crippen molar-refractivity contribution >= 4 is 40.3 Å². The van der Waals surface area contributed by atoms with Crippen LogP contribution in [-0.4, -0.2) is 31.0 Å². The Balaban J connectivity index is 1.54. The lowest BCUT2D eigenvalue weighted by molar-refractivity contribution is -0.122. The number of benzene rings is 2. The molecule has 0 aliphatic carbocycles. The van der Waals surface area contributed by atoms with E-state index in [0.29, 0.717) is 21.5 Å². The minimum absolute atomic E-state index is 0.0884. The Kier molecular flexibility index (Phi) is 6.80. The van der Waals surface area contributed by atoms with E-state index in [4.69, 9.17) is 26.5 Å². The topological polar surface area (TPSA) is 60.5 Å². The van der Waals surface area contributed by atoms with Crippen LogP contribution in [0.5, 0.6) is 5.75 Å². The molecule has 4 aromatic rings. The maximum Gasteiger partial charge on any atom is 0.266 e. The normalized spacial score (nSPS) is 14.9. The lowest BCUT2D eigenvalue weighted by Crippen LogP contribution is -2.27. The van der Waals surface area contributed by atoms with E-state index >= 15 is 0 Å². The first-order valence-corrected chi connectivity index (χ1v) is 12.8. The molecule has 1 aliphatic rings. The Labute approximate surface area is 219 Å². The fraction of sp³-hybridized carbons (Fsp3) is 0.179. The number of nitrogens with zero attached hydrogens (tertiary/aromatic N) is 3. The first-order chi connectivity index (χ1) is 17.4. The molecule has 0 bridgehead atoms. The summed E-state index contributed by atoms with van der Waals surface area (Å²) in [7, 11) is 0. The van der Waals surface area contributed by atoms with E-state index in [1.165, 1.54) is 11.8 Å². The predicted molar refractivity (Wildman–Crippen MR) is 147 cm³/mol. The van der Waals surface area contributed by atoms with E-state index in [2.05, 4.69) is 6.07 Å². The minimum atomic E-state index is -0.142. The summed E-state index contributed by atoms with van der Waals surface area (Å²) >= 11 is 6.80. The highest BCUT2D eigenvalue weighted by molar-refractivity contribution is 8.26. The molecule has 8 heteroatoms. The Morgan fingerprint density at radius 2 is 1.94 bits per heavy atom. The number of hydrogen-bond acceptors (Lipinski definition) is 6. The average molecular weight is 516 g/mol. The zero-order valence-corrected chi connectivity index (χ0v) is 21.8. The first-order valence-electron chi connectivity index (χ1n) is 11.6. The summed E-state index contributed by atoms with van der Waals surface area (Å²) in [4.78, 5) is 15.4. The fourth-order valence-electron chi connectivity index (χ4n) is 3.95. The molecule has 0 N–H and O–H groups in total.